The van der Waals surface area contributed by atoms with Crippen LogP contribution in [0.15, 0.2) is 12.1 Å². The van der Waals surface area contributed by atoms with Crippen molar-refractivity contribution in [2.45, 2.75) is 20.8 Å². The van der Waals surface area contributed by atoms with Gasteiger partial charge in [0.1, 0.15) is 0 Å². The van der Waals surface area contributed by atoms with E-state index in [-0.39, 0.29) is 11.6 Å². The molecular weight excluding hydrogens is 213 g/mol. The predicted molar refractivity (Wildman–Crippen MR) is 66.2 cm³/mol. The SMILES string of the molecule is CC.COc1c(F)cc(C)cc1NSC. The maximum absolute atomic E-state index is 13.3. The van der Waals surface area contributed by atoms with Gasteiger partial charge in [-0.1, -0.05) is 25.8 Å². The number of aryl methyl sites for hydroxylation is 1. The third-order valence-electron chi connectivity index (χ3n) is 1.60. The second-order valence-electron chi connectivity index (χ2n) is 2.63. The van der Waals surface area contributed by atoms with E-state index in [4.69, 9.17) is 4.74 Å². The Morgan fingerprint density at radius 2 is 1.93 bits per heavy atom. The molecule has 15 heavy (non-hydrogen) atoms. The maximum atomic E-state index is 13.3. The topological polar surface area (TPSA) is 21.3 Å². The summed E-state index contributed by atoms with van der Waals surface area (Å²) in [4.78, 5) is 0. The standard InChI is InChI=1S/C9H12FNOS.C2H6/c1-6-4-7(10)9(12-2)8(5-6)11-13-3;1-2/h4-5,11H,1-3H3;1-2H3. The number of hydrogen-bond acceptors (Lipinski definition) is 3. The zero-order chi connectivity index (χ0) is 11.8. The van der Waals surface area contributed by atoms with Gasteiger partial charge in [0.25, 0.3) is 0 Å². The molecule has 0 unspecified atom stereocenters. The number of hydrogen-bond donors (Lipinski definition) is 1. The molecule has 0 amide bonds. The third-order valence-corrected chi connectivity index (χ3v) is 2.03. The van der Waals surface area contributed by atoms with Gasteiger partial charge in [0.15, 0.2) is 11.6 Å². The lowest BCUT2D eigenvalue weighted by Crippen LogP contribution is -1.95. The van der Waals surface area contributed by atoms with Gasteiger partial charge in [-0.25, -0.2) is 4.39 Å². The molecule has 0 atom stereocenters. The summed E-state index contributed by atoms with van der Waals surface area (Å²) in [6.07, 6.45) is 1.87. The first-order valence-corrected chi connectivity index (χ1v) is 6.04. The molecule has 0 radical (unpaired) electrons. The summed E-state index contributed by atoms with van der Waals surface area (Å²) in [6.45, 7) is 5.84. The van der Waals surface area contributed by atoms with E-state index in [1.54, 1.807) is 0 Å². The fraction of sp³-hybridized carbons (Fsp3) is 0.455. The van der Waals surface area contributed by atoms with Crippen molar-refractivity contribution in [3.8, 4) is 5.75 Å². The zero-order valence-corrected chi connectivity index (χ0v) is 10.7. The summed E-state index contributed by atoms with van der Waals surface area (Å²) in [5, 5.41) is 0. The Morgan fingerprint density at radius 1 is 1.33 bits per heavy atom. The smallest absolute Gasteiger partial charge is 0.178 e. The van der Waals surface area contributed by atoms with Gasteiger partial charge in [-0.3, -0.25) is 0 Å². The van der Waals surface area contributed by atoms with Gasteiger partial charge >= 0.3 is 0 Å². The van der Waals surface area contributed by atoms with Crippen LogP contribution in [-0.2, 0) is 0 Å². The van der Waals surface area contributed by atoms with Gasteiger partial charge in [-0.2, -0.15) is 0 Å². The van der Waals surface area contributed by atoms with Crippen LogP contribution in [0.2, 0.25) is 0 Å². The highest BCUT2D eigenvalue weighted by molar-refractivity contribution is 7.99. The summed E-state index contributed by atoms with van der Waals surface area (Å²) in [7, 11) is 1.46. The Hall–Kier alpha value is -0.900. The molecule has 0 aromatic heterocycles. The first kappa shape index (κ1) is 14.1. The molecule has 0 saturated heterocycles. The van der Waals surface area contributed by atoms with E-state index in [1.165, 1.54) is 25.1 Å². The Balaban J connectivity index is 0.000000921. The van der Waals surface area contributed by atoms with Crippen LogP contribution in [-0.4, -0.2) is 13.4 Å². The average molecular weight is 231 g/mol. The van der Waals surface area contributed by atoms with Crippen molar-refractivity contribution >= 4 is 17.6 Å². The molecular formula is C11H18FNOS. The summed E-state index contributed by atoms with van der Waals surface area (Å²) in [5.74, 6) is -0.0704. The van der Waals surface area contributed by atoms with Crippen molar-refractivity contribution < 1.29 is 9.13 Å². The van der Waals surface area contributed by atoms with Crippen molar-refractivity contribution in [1.82, 2.24) is 0 Å². The number of halogens is 1. The van der Waals surface area contributed by atoms with Gasteiger partial charge in [-0.15, -0.1) is 0 Å². The Morgan fingerprint density at radius 3 is 2.40 bits per heavy atom. The molecule has 0 aliphatic heterocycles. The molecule has 86 valence electrons. The van der Waals surface area contributed by atoms with E-state index in [2.05, 4.69) is 4.72 Å². The van der Waals surface area contributed by atoms with Crippen LogP contribution in [0.5, 0.6) is 5.75 Å². The minimum Gasteiger partial charge on any atom is -0.492 e. The molecule has 0 spiro atoms. The second-order valence-corrected chi connectivity index (χ2v) is 3.25. The van der Waals surface area contributed by atoms with Crippen LogP contribution in [0.25, 0.3) is 0 Å². The van der Waals surface area contributed by atoms with Crippen molar-refractivity contribution in [1.29, 1.82) is 0 Å². The van der Waals surface area contributed by atoms with Crippen LogP contribution in [0.3, 0.4) is 0 Å². The number of methoxy groups -OCH3 is 1. The average Bonchev–Trinajstić information content (AvgIpc) is 2.21. The molecule has 2 nitrogen and oxygen atoms in total. The van der Waals surface area contributed by atoms with Crippen LogP contribution in [0.4, 0.5) is 10.1 Å². The number of rotatable bonds is 3. The molecule has 1 aromatic carbocycles. The van der Waals surface area contributed by atoms with Crippen LogP contribution >= 0.6 is 11.9 Å². The minimum absolute atomic E-state index is 0.264. The molecule has 1 N–H and O–H groups in total. The molecule has 0 heterocycles. The molecule has 1 aromatic rings. The Kier molecular flexibility index (Phi) is 6.96. The highest BCUT2D eigenvalue weighted by Crippen LogP contribution is 2.30. The molecule has 4 heteroatoms. The van der Waals surface area contributed by atoms with E-state index in [1.807, 2.05) is 33.1 Å². The van der Waals surface area contributed by atoms with Crippen molar-refractivity contribution in [3.63, 3.8) is 0 Å². The fourth-order valence-corrected chi connectivity index (χ4v) is 1.49. The molecule has 0 aliphatic rings. The van der Waals surface area contributed by atoms with Crippen LogP contribution in [0.1, 0.15) is 19.4 Å². The monoisotopic (exact) mass is 231 g/mol. The second kappa shape index (κ2) is 7.40. The van der Waals surface area contributed by atoms with Gasteiger partial charge in [0.2, 0.25) is 0 Å². The van der Waals surface area contributed by atoms with Gasteiger partial charge < -0.3 is 9.46 Å². The number of ether oxygens (including phenoxy) is 1. The van der Waals surface area contributed by atoms with Crippen LogP contribution in [0, 0.1) is 12.7 Å². The van der Waals surface area contributed by atoms with Crippen LogP contribution < -0.4 is 9.46 Å². The fourth-order valence-electron chi connectivity index (χ4n) is 1.12. The molecule has 0 aliphatic carbocycles. The summed E-state index contributed by atoms with van der Waals surface area (Å²) < 4.78 is 21.2. The van der Waals surface area contributed by atoms with Crippen molar-refractivity contribution in [3.05, 3.63) is 23.5 Å². The molecule has 0 bridgehead atoms. The molecule has 0 saturated carbocycles. The lowest BCUT2D eigenvalue weighted by Gasteiger charge is -2.10. The van der Waals surface area contributed by atoms with Gasteiger partial charge in [-0.05, 0) is 24.6 Å². The van der Waals surface area contributed by atoms with E-state index in [9.17, 15) is 4.39 Å². The molecule has 1 rings (SSSR count). The van der Waals surface area contributed by atoms with Crippen molar-refractivity contribution in [2.75, 3.05) is 18.1 Å². The van der Waals surface area contributed by atoms with E-state index in [0.29, 0.717) is 5.69 Å². The lowest BCUT2D eigenvalue weighted by atomic mass is 10.2. The third kappa shape index (κ3) is 4.00. The Bertz CT molecular complexity index is 305. The summed E-state index contributed by atoms with van der Waals surface area (Å²) >= 11 is 1.40. The largest absolute Gasteiger partial charge is 0.492 e. The lowest BCUT2D eigenvalue weighted by molar-refractivity contribution is 0.388. The predicted octanol–water partition coefficient (Wildman–Crippen LogP) is 3.86. The molecule has 0 fully saturated rings. The number of benzene rings is 1. The number of nitrogens with one attached hydrogen (secondary N) is 1. The minimum atomic E-state index is -0.334. The highest BCUT2D eigenvalue weighted by Gasteiger charge is 2.09. The highest BCUT2D eigenvalue weighted by atomic mass is 32.2. The normalized spacial score (nSPS) is 8.93. The van der Waals surface area contributed by atoms with Crippen molar-refractivity contribution in [2.24, 2.45) is 0 Å². The van der Waals surface area contributed by atoms with Gasteiger partial charge in [0, 0.05) is 6.26 Å². The first-order chi connectivity index (χ1) is 7.19. The first-order valence-electron chi connectivity index (χ1n) is 4.82. The van der Waals surface area contributed by atoms with E-state index < -0.39 is 0 Å². The number of anilines is 1. The Labute approximate surface area is 95.3 Å². The zero-order valence-electron chi connectivity index (χ0n) is 9.85. The van der Waals surface area contributed by atoms with E-state index >= 15 is 0 Å². The quantitative estimate of drug-likeness (QED) is 0.798. The van der Waals surface area contributed by atoms with E-state index in [0.717, 1.165) is 5.56 Å². The maximum Gasteiger partial charge on any atom is 0.178 e. The summed E-state index contributed by atoms with van der Waals surface area (Å²) in [5.41, 5.74) is 1.54. The van der Waals surface area contributed by atoms with Gasteiger partial charge in [0.05, 0.1) is 12.8 Å². The summed E-state index contributed by atoms with van der Waals surface area (Å²) in [6, 6.07) is 3.29.